The number of hydrogen-bond donors (Lipinski definition) is 4. The van der Waals surface area contributed by atoms with Crippen molar-refractivity contribution in [3.8, 4) is 0 Å². The lowest BCUT2D eigenvalue weighted by Crippen LogP contribution is -2.47. The maximum atomic E-state index is 12.1. The zero-order chi connectivity index (χ0) is 16.2. The van der Waals surface area contributed by atoms with Gasteiger partial charge in [-0.3, -0.25) is 9.59 Å². The van der Waals surface area contributed by atoms with E-state index >= 15 is 0 Å². The first-order valence-corrected chi connectivity index (χ1v) is 6.84. The minimum atomic E-state index is -0.466. The second-order valence-electron chi connectivity index (χ2n) is 5.99. The van der Waals surface area contributed by atoms with Gasteiger partial charge in [0.15, 0.2) is 0 Å². The molecule has 6 nitrogen and oxygen atoms in total. The van der Waals surface area contributed by atoms with Crippen LogP contribution in [0.4, 0.5) is 11.4 Å². The molecule has 0 saturated heterocycles. The Hall–Kier alpha value is -2.24. The summed E-state index contributed by atoms with van der Waals surface area (Å²) in [6.07, 6.45) is 0. The minimum absolute atomic E-state index is 0.132. The Labute approximate surface area is 125 Å². The van der Waals surface area contributed by atoms with Crippen LogP contribution in [0.5, 0.6) is 0 Å². The summed E-state index contributed by atoms with van der Waals surface area (Å²) in [5.74, 6) is -0.336. The summed E-state index contributed by atoms with van der Waals surface area (Å²) in [5.41, 5.74) is 7.11. The van der Waals surface area contributed by atoms with E-state index in [0.29, 0.717) is 16.9 Å². The second kappa shape index (κ2) is 6.47. The van der Waals surface area contributed by atoms with Gasteiger partial charge in [-0.05, 0) is 45.9 Å². The highest BCUT2D eigenvalue weighted by atomic mass is 16.2. The van der Waals surface area contributed by atoms with Crippen molar-refractivity contribution in [2.24, 2.45) is 0 Å². The molecule has 0 radical (unpaired) electrons. The average molecular weight is 292 g/mol. The molecule has 1 aromatic carbocycles. The number of anilines is 2. The summed E-state index contributed by atoms with van der Waals surface area (Å²) >= 11 is 0. The van der Waals surface area contributed by atoms with Gasteiger partial charge in [0.1, 0.15) is 6.04 Å². The van der Waals surface area contributed by atoms with Gasteiger partial charge in [-0.2, -0.15) is 0 Å². The third-order valence-corrected chi connectivity index (χ3v) is 2.81. The molecule has 0 fully saturated rings. The van der Waals surface area contributed by atoms with E-state index in [9.17, 15) is 9.59 Å². The molecule has 0 aliphatic rings. The molecule has 0 spiro atoms. The molecule has 5 N–H and O–H groups in total. The lowest BCUT2D eigenvalue weighted by Gasteiger charge is -2.24. The summed E-state index contributed by atoms with van der Waals surface area (Å²) in [5, 5.41) is 8.47. The van der Waals surface area contributed by atoms with Gasteiger partial charge in [-0.1, -0.05) is 0 Å². The fourth-order valence-corrected chi connectivity index (χ4v) is 1.74. The molecule has 0 saturated carbocycles. The van der Waals surface area contributed by atoms with Crippen molar-refractivity contribution in [3.05, 3.63) is 23.8 Å². The van der Waals surface area contributed by atoms with E-state index in [0.717, 1.165) is 0 Å². The first kappa shape index (κ1) is 16.8. The van der Waals surface area contributed by atoms with Crippen molar-refractivity contribution < 1.29 is 9.59 Å². The van der Waals surface area contributed by atoms with Gasteiger partial charge >= 0.3 is 0 Å². The van der Waals surface area contributed by atoms with Crippen LogP contribution in [0.15, 0.2) is 18.2 Å². The van der Waals surface area contributed by atoms with E-state index in [2.05, 4.69) is 16.0 Å². The highest BCUT2D eigenvalue weighted by Gasteiger charge is 2.20. The number of carbonyl (C=O) groups excluding carboxylic acids is 2. The Balaban J connectivity index is 2.87. The number of benzene rings is 1. The fraction of sp³-hybridized carbons (Fsp3) is 0.467. The highest BCUT2D eigenvalue weighted by Crippen LogP contribution is 2.21. The predicted molar refractivity (Wildman–Crippen MR) is 85.2 cm³/mol. The molecule has 2 amide bonds. The molecular weight excluding hydrogens is 268 g/mol. The number of nitrogen functional groups attached to an aromatic ring is 1. The van der Waals surface area contributed by atoms with Crippen molar-refractivity contribution in [1.29, 1.82) is 0 Å². The van der Waals surface area contributed by atoms with Crippen LogP contribution < -0.4 is 21.7 Å². The van der Waals surface area contributed by atoms with Crippen LogP contribution >= 0.6 is 0 Å². The predicted octanol–water partition coefficient (Wildman–Crippen LogP) is 1.34. The minimum Gasteiger partial charge on any atom is -0.397 e. The third-order valence-electron chi connectivity index (χ3n) is 2.81. The summed E-state index contributed by atoms with van der Waals surface area (Å²) in [4.78, 5) is 23.7. The van der Waals surface area contributed by atoms with Crippen LogP contribution in [0, 0.1) is 0 Å². The monoisotopic (exact) mass is 292 g/mol. The maximum absolute atomic E-state index is 12.1. The molecule has 0 heterocycles. The smallest absolute Gasteiger partial charge is 0.251 e. The standard InChI is InChI=1S/C15H24N4O2/c1-9(13(20)19-15(2,3)4)18-12-8-10(14(21)17-5)6-7-11(12)16/h6-9,18H,16H2,1-5H3,(H,17,21)(H,19,20). The molecule has 0 aliphatic carbocycles. The molecule has 1 unspecified atom stereocenters. The van der Waals surface area contributed by atoms with Gasteiger partial charge in [0.2, 0.25) is 5.91 Å². The number of hydrogen-bond acceptors (Lipinski definition) is 4. The topological polar surface area (TPSA) is 96.2 Å². The largest absolute Gasteiger partial charge is 0.397 e. The summed E-state index contributed by atoms with van der Waals surface area (Å²) in [6.45, 7) is 7.49. The van der Waals surface area contributed by atoms with E-state index in [-0.39, 0.29) is 17.4 Å². The van der Waals surface area contributed by atoms with Crippen LogP contribution in [0.2, 0.25) is 0 Å². The zero-order valence-corrected chi connectivity index (χ0v) is 13.2. The van der Waals surface area contributed by atoms with Crippen LogP contribution in [0.3, 0.4) is 0 Å². The van der Waals surface area contributed by atoms with Gasteiger partial charge in [0.25, 0.3) is 5.91 Å². The van der Waals surface area contributed by atoms with Crippen molar-refractivity contribution >= 4 is 23.2 Å². The van der Waals surface area contributed by atoms with Gasteiger partial charge in [0.05, 0.1) is 11.4 Å². The highest BCUT2D eigenvalue weighted by molar-refractivity contribution is 5.96. The maximum Gasteiger partial charge on any atom is 0.251 e. The van der Waals surface area contributed by atoms with Gasteiger partial charge in [0, 0.05) is 18.2 Å². The number of amides is 2. The molecule has 0 aliphatic heterocycles. The molecule has 1 rings (SSSR count). The van der Waals surface area contributed by atoms with Crippen molar-refractivity contribution in [2.45, 2.75) is 39.3 Å². The lowest BCUT2D eigenvalue weighted by molar-refractivity contribution is -0.122. The first-order chi connectivity index (χ1) is 9.64. The molecule has 1 aromatic rings. The molecule has 0 aromatic heterocycles. The van der Waals surface area contributed by atoms with Gasteiger partial charge in [-0.25, -0.2) is 0 Å². The van der Waals surface area contributed by atoms with E-state index in [1.807, 2.05) is 20.8 Å². The van der Waals surface area contributed by atoms with Crippen molar-refractivity contribution in [1.82, 2.24) is 10.6 Å². The quantitative estimate of drug-likeness (QED) is 0.630. The van der Waals surface area contributed by atoms with Crippen molar-refractivity contribution in [2.75, 3.05) is 18.1 Å². The summed E-state index contributed by atoms with van der Waals surface area (Å²) < 4.78 is 0. The zero-order valence-electron chi connectivity index (χ0n) is 13.2. The van der Waals surface area contributed by atoms with Crippen molar-refractivity contribution in [3.63, 3.8) is 0 Å². The molecule has 116 valence electrons. The SMILES string of the molecule is CNC(=O)c1ccc(N)c(NC(C)C(=O)NC(C)(C)C)c1. The molecule has 0 bridgehead atoms. The first-order valence-electron chi connectivity index (χ1n) is 6.84. The van der Waals surface area contributed by atoms with Crippen LogP contribution in [-0.2, 0) is 4.79 Å². The van der Waals surface area contributed by atoms with Crippen LogP contribution in [0.1, 0.15) is 38.1 Å². The number of carbonyl (C=O) groups is 2. The fourth-order valence-electron chi connectivity index (χ4n) is 1.74. The van der Waals surface area contributed by atoms with E-state index < -0.39 is 6.04 Å². The van der Waals surface area contributed by atoms with E-state index in [1.54, 1.807) is 32.2 Å². The third kappa shape index (κ3) is 4.98. The summed E-state index contributed by atoms with van der Waals surface area (Å²) in [7, 11) is 1.56. The van der Waals surface area contributed by atoms with E-state index in [1.165, 1.54) is 0 Å². The van der Waals surface area contributed by atoms with Crippen LogP contribution in [0.25, 0.3) is 0 Å². The Morgan fingerprint density at radius 1 is 1.24 bits per heavy atom. The van der Waals surface area contributed by atoms with E-state index in [4.69, 9.17) is 5.73 Å². The number of nitrogens with two attached hydrogens (primary N) is 1. The summed E-state index contributed by atoms with van der Waals surface area (Å²) in [6, 6.07) is 4.45. The van der Waals surface area contributed by atoms with Gasteiger partial charge in [-0.15, -0.1) is 0 Å². The molecule has 1 atom stereocenters. The molecule has 21 heavy (non-hydrogen) atoms. The molecule has 6 heteroatoms. The van der Waals surface area contributed by atoms with Crippen LogP contribution in [-0.4, -0.2) is 30.4 Å². The Morgan fingerprint density at radius 3 is 2.38 bits per heavy atom. The average Bonchev–Trinajstić information content (AvgIpc) is 2.38. The normalized spacial score (nSPS) is 12.4. The lowest BCUT2D eigenvalue weighted by atomic mass is 10.1. The Bertz CT molecular complexity index is 535. The molecular formula is C15H24N4O2. The Morgan fingerprint density at radius 2 is 1.86 bits per heavy atom. The Kier molecular flexibility index (Phi) is 5.18. The van der Waals surface area contributed by atoms with Gasteiger partial charge < -0.3 is 21.7 Å². The number of rotatable bonds is 4. The second-order valence-corrected chi connectivity index (χ2v) is 5.99. The number of nitrogens with one attached hydrogen (secondary N) is 3.